The lowest BCUT2D eigenvalue weighted by atomic mass is 10.2. The molecule has 80 valence electrons. The van der Waals surface area contributed by atoms with E-state index in [2.05, 4.69) is 0 Å². The van der Waals surface area contributed by atoms with Gasteiger partial charge in [-0.15, -0.1) is 0 Å². The van der Waals surface area contributed by atoms with Crippen molar-refractivity contribution in [3.05, 3.63) is 29.8 Å². The Morgan fingerprint density at radius 1 is 1.27 bits per heavy atom. The van der Waals surface area contributed by atoms with Crippen LogP contribution >= 0.6 is 0 Å². The molecule has 5 nitrogen and oxygen atoms in total. The maximum Gasteiger partial charge on any atom is 0.338 e. The molecule has 0 spiro atoms. The maximum absolute atomic E-state index is 11.4. The fraction of sp³-hybridized carbons (Fsp3) is 0.200. The van der Waals surface area contributed by atoms with Gasteiger partial charge in [-0.25, -0.2) is 4.79 Å². The molecule has 0 bridgehead atoms. The van der Waals surface area contributed by atoms with Gasteiger partial charge in [-0.1, -0.05) is 0 Å². The number of rotatable bonds is 3. The van der Waals surface area contributed by atoms with Gasteiger partial charge < -0.3 is 16.2 Å². The summed E-state index contributed by atoms with van der Waals surface area (Å²) in [6.45, 7) is 1.41. The normalized spacial score (nSPS) is 11.8. The summed E-state index contributed by atoms with van der Waals surface area (Å²) >= 11 is 0. The fourth-order valence-electron chi connectivity index (χ4n) is 0.906. The molecule has 4 N–H and O–H groups in total. The van der Waals surface area contributed by atoms with E-state index >= 15 is 0 Å². The highest BCUT2D eigenvalue weighted by Gasteiger charge is 2.15. The summed E-state index contributed by atoms with van der Waals surface area (Å²) in [7, 11) is 0. The van der Waals surface area contributed by atoms with E-state index in [1.807, 2.05) is 0 Å². The third kappa shape index (κ3) is 2.98. The van der Waals surface area contributed by atoms with E-state index in [-0.39, 0.29) is 0 Å². The smallest absolute Gasteiger partial charge is 0.338 e. The molecule has 1 rings (SSSR count). The molecule has 0 aromatic heterocycles. The van der Waals surface area contributed by atoms with Gasteiger partial charge in [-0.3, -0.25) is 4.79 Å². The van der Waals surface area contributed by atoms with Gasteiger partial charge in [0.15, 0.2) is 6.10 Å². The third-order valence-electron chi connectivity index (χ3n) is 1.83. The van der Waals surface area contributed by atoms with Gasteiger partial charge in [-0.05, 0) is 31.2 Å². The molecule has 1 aromatic carbocycles. The monoisotopic (exact) mass is 208 g/mol. The largest absolute Gasteiger partial charge is 0.449 e. The Bertz CT molecular complexity index is 373. The summed E-state index contributed by atoms with van der Waals surface area (Å²) in [5.41, 5.74) is 11.3. The van der Waals surface area contributed by atoms with E-state index in [0.717, 1.165) is 0 Å². The Hall–Kier alpha value is -2.04. The van der Waals surface area contributed by atoms with Crippen LogP contribution in [0.25, 0.3) is 0 Å². The maximum atomic E-state index is 11.4. The summed E-state index contributed by atoms with van der Waals surface area (Å²) in [4.78, 5) is 22.0. The average Bonchev–Trinajstić information content (AvgIpc) is 2.18. The SMILES string of the molecule is CC(OC(=O)c1ccc(N)cc1)C(N)=O. The minimum absolute atomic E-state index is 0.331. The number of amides is 1. The average molecular weight is 208 g/mol. The highest BCUT2D eigenvalue weighted by molar-refractivity contribution is 5.92. The first-order chi connectivity index (χ1) is 7.00. The zero-order chi connectivity index (χ0) is 11.4. The van der Waals surface area contributed by atoms with Gasteiger partial charge in [0, 0.05) is 5.69 Å². The van der Waals surface area contributed by atoms with Crippen LogP contribution in [-0.2, 0) is 9.53 Å². The molecule has 0 aliphatic rings. The Morgan fingerprint density at radius 3 is 2.27 bits per heavy atom. The second-order valence-corrected chi connectivity index (χ2v) is 3.07. The molecule has 1 unspecified atom stereocenters. The van der Waals surface area contributed by atoms with Crippen molar-refractivity contribution in [2.24, 2.45) is 5.73 Å². The zero-order valence-corrected chi connectivity index (χ0v) is 8.27. The second-order valence-electron chi connectivity index (χ2n) is 3.07. The molecular weight excluding hydrogens is 196 g/mol. The molecule has 0 aliphatic heterocycles. The molecule has 1 amide bonds. The van der Waals surface area contributed by atoms with Crippen molar-refractivity contribution >= 4 is 17.6 Å². The van der Waals surface area contributed by atoms with E-state index in [0.29, 0.717) is 11.3 Å². The van der Waals surface area contributed by atoms with Gasteiger partial charge in [-0.2, -0.15) is 0 Å². The fourth-order valence-corrected chi connectivity index (χ4v) is 0.906. The van der Waals surface area contributed by atoms with Crippen LogP contribution in [0.5, 0.6) is 0 Å². The molecule has 0 aliphatic carbocycles. The number of nitrogen functional groups attached to an aromatic ring is 1. The van der Waals surface area contributed by atoms with E-state index in [1.165, 1.54) is 19.1 Å². The lowest BCUT2D eigenvalue weighted by molar-refractivity contribution is -0.125. The third-order valence-corrected chi connectivity index (χ3v) is 1.83. The highest BCUT2D eigenvalue weighted by atomic mass is 16.5. The van der Waals surface area contributed by atoms with Crippen molar-refractivity contribution in [2.75, 3.05) is 5.73 Å². The van der Waals surface area contributed by atoms with Gasteiger partial charge in [0.25, 0.3) is 5.91 Å². The number of primary amides is 1. The zero-order valence-electron chi connectivity index (χ0n) is 8.27. The van der Waals surface area contributed by atoms with Crippen molar-refractivity contribution in [3.63, 3.8) is 0 Å². The Balaban J connectivity index is 2.69. The number of esters is 1. The first-order valence-electron chi connectivity index (χ1n) is 4.36. The predicted molar refractivity (Wildman–Crippen MR) is 54.9 cm³/mol. The number of anilines is 1. The molecule has 1 aromatic rings. The van der Waals surface area contributed by atoms with Crippen LogP contribution in [0, 0.1) is 0 Å². The number of nitrogens with two attached hydrogens (primary N) is 2. The van der Waals surface area contributed by atoms with E-state index in [4.69, 9.17) is 16.2 Å². The predicted octanol–water partition coefficient (Wildman–Crippen LogP) is 0.299. The summed E-state index contributed by atoms with van der Waals surface area (Å²) in [6, 6.07) is 6.19. The van der Waals surface area contributed by atoms with Crippen molar-refractivity contribution in [1.82, 2.24) is 0 Å². The van der Waals surface area contributed by atoms with Crippen LogP contribution < -0.4 is 11.5 Å². The molecule has 5 heteroatoms. The van der Waals surface area contributed by atoms with Crippen LogP contribution in [0.3, 0.4) is 0 Å². The molecule has 0 fully saturated rings. The molecule has 15 heavy (non-hydrogen) atoms. The quantitative estimate of drug-likeness (QED) is 0.551. The Kier molecular flexibility index (Phi) is 3.28. The molecule has 0 radical (unpaired) electrons. The topological polar surface area (TPSA) is 95.4 Å². The molecule has 1 atom stereocenters. The number of benzene rings is 1. The van der Waals surface area contributed by atoms with Crippen molar-refractivity contribution in [1.29, 1.82) is 0 Å². The first kappa shape index (κ1) is 11.0. The standard InChI is InChI=1S/C10H12N2O3/c1-6(9(12)13)15-10(14)7-2-4-8(11)5-3-7/h2-6H,11H2,1H3,(H2,12,13). The van der Waals surface area contributed by atoms with E-state index in [1.54, 1.807) is 12.1 Å². The summed E-state index contributed by atoms with van der Waals surface area (Å²) in [6.07, 6.45) is -0.935. The van der Waals surface area contributed by atoms with Crippen LogP contribution in [0.4, 0.5) is 5.69 Å². The summed E-state index contributed by atoms with van der Waals surface area (Å²) < 4.78 is 4.78. The number of carbonyl (C=O) groups is 2. The summed E-state index contributed by atoms with van der Waals surface area (Å²) in [5, 5.41) is 0. The Morgan fingerprint density at radius 2 is 1.80 bits per heavy atom. The minimum atomic E-state index is -0.935. The number of carbonyl (C=O) groups excluding carboxylic acids is 2. The van der Waals surface area contributed by atoms with Gasteiger partial charge in [0.05, 0.1) is 5.56 Å². The van der Waals surface area contributed by atoms with Gasteiger partial charge >= 0.3 is 5.97 Å². The van der Waals surface area contributed by atoms with Crippen molar-refractivity contribution < 1.29 is 14.3 Å². The van der Waals surface area contributed by atoms with Crippen LogP contribution in [0.15, 0.2) is 24.3 Å². The minimum Gasteiger partial charge on any atom is -0.449 e. The van der Waals surface area contributed by atoms with E-state index < -0.39 is 18.0 Å². The highest BCUT2D eigenvalue weighted by Crippen LogP contribution is 2.07. The van der Waals surface area contributed by atoms with Crippen LogP contribution in [0.1, 0.15) is 17.3 Å². The lowest BCUT2D eigenvalue weighted by Crippen LogP contribution is -2.30. The number of hydrogen-bond acceptors (Lipinski definition) is 4. The van der Waals surface area contributed by atoms with Crippen LogP contribution in [0.2, 0.25) is 0 Å². The Labute approximate surface area is 87.0 Å². The molecular formula is C10H12N2O3. The molecule has 0 saturated heterocycles. The number of hydrogen-bond donors (Lipinski definition) is 2. The van der Waals surface area contributed by atoms with Crippen molar-refractivity contribution in [3.8, 4) is 0 Å². The first-order valence-corrected chi connectivity index (χ1v) is 4.36. The summed E-state index contributed by atoms with van der Waals surface area (Å²) in [5.74, 6) is -1.28. The lowest BCUT2D eigenvalue weighted by Gasteiger charge is -2.09. The molecule has 0 saturated carbocycles. The molecule has 0 heterocycles. The van der Waals surface area contributed by atoms with Crippen molar-refractivity contribution in [2.45, 2.75) is 13.0 Å². The van der Waals surface area contributed by atoms with E-state index in [9.17, 15) is 9.59 Å². The van der Waals surface area contributed by atoms with Gasteiger partial charge in [0.1, 0.15) is 0 Å². The van der Waals surface area contributed by atoms with Gasteiger partial charge in [0.2, 0.25) is 0 Å². The number of ether oxygens (including phenoxy) is 1. The second kappa shape index (κ2) is 4.45. The van der Waals surface area contributed by atoms with Crippen LogP contribution in [-0.4, -0.2) is 18.0 Å².